The van der Waals surface area contributed by atoms with Gasteiger partial charge in [-0.3, -0.25) is 9.59 Å². The molecule has 0 aliphatic heterocycles. The minimum absolute atomic E-state index is 0.154. The van der Waals surface area contributed by atoms with Crippen LogP contribution in [0.1, 0.15) is 444 Å². The lowest BCUT2D eigenvalue weighted by Gasteiger charge is -2.26. The van der Waals surface area contributed by atoms with Gasteiger partial charge in [0.1, 0.15) is 13.2 Å². The van der Waals surface area contributed by atoms with E-state index in [1.807, 2.05) is 21.1 Å². The number of unbranched alkanes of at least 4 members (excludes halogenated alkanes) is 63. The van der Waals surface area contributed by atoms with Gasteiger partial charge in [0.15, 0.2) is 12.4 Å². The van der Waals surface area contributed by atoms with E-state index in [-0.39, 0.29) is 32.2 Å². The summed E-state index contributed by atoms with van der Waals surface area (Å²) in [4.78, 5) is 37.6. The molecule has 2 unspecified atom stereocenters. The van der Waals surface area contributed by atoms with Crippen molar-refractivity contribution < 1.29 is 42.9 Å². The van der Waals surface area contributed by atoms with E-state index in [4.69, 9.17) is 18.9 Å². The second-order valence-corrected chi connectivity index (χ2v) is 29.4. The molecule has 0 radical (unpaired) electrons. The van der Waals surface area contributed by atoms with Gasteiger partial charge in [-0.1, -0.05) is 418 Å². The zero-order valence-corrected chi connectivity index (χ0v) is 61.6. The molecule has 0 aliphatic rings. The fourth-order valence-electron chi connectivity index (χ4n) is 12.9. The highest BCUT2D eigenvalue weighted by atomic mass is 16.7. The number of esters is 2. The Kier molecular flexibility index (Phi) is 71.7. The standard InChI is InChI=1S/C81H159NO8/c1-6-8-10-12-14-16-18-20-22-24-26-28-30-32-34-35-36-37-38-39-40-41-42-43-44-45-46-48-50-52-54-56-58-60-62-64-66-68-70-72-79(84)90-77(76-89-81(80(85)86)87-74-73-82(3,4)5)75-88-78(83)71-69-67-65-63-61-59-57-55-53-51-49-47-33-31-29-27-25-23-21-19-17-15-13-11-9-7-2/h77,81H,6-76H2,1-5H3. The largest absolute Gasteiger partial charge is 0.545 e. The number of rotatable bonds is 78. The van der Waals surface area contributed by atoms with Crippen molar-refractivity contribution in [1.29, 1.82) is 0 Å². The summed E-state index contributed by atoms with van der Waals surface area (Å²) < 4.78 is 22.9. The van der Waals surface area contributed by atoms with Crippen molar-refractivity contribution in [2.24, 2.45) is 0 Å². The van der Waals surface area contributed by atoms with Crippen LogP contribution in [0.3, 0.4) is 0 Å². The molecule has 90 heavy (non-hydrogen) atoms. The average molecular weight is 1280 g/mol. The topological polar surface area (TPSA) is 111 Å². The molecular weight excluding hydrogens is 1110 g/mol. The zero-order valence-electron chi connectivity index (χ0n) is 61.6. The maximum Gasteiger partial charge on any atom is 0.306 e. The van der Waals surface area contributed by atoms with Crippen molar-refractivity contribution in [2.45, 2.75) is 456 Å². The molecular formula is C81H159NO8. The van der Waals surface area contributed by atoms with Gasteiger partial charge in [0.25, 0.3) is 0 Å². The molecule has 0 saturated carbocycles. The number of carbonyl (C=O) groups is 3. The molecule has 9 heteroatoms. The Morgan fingerprint density at radius 3 is 0.711 bits per heavy atom. The summed E-state index contributed by atoms with van der Waals surface area (Å²) in [6.07, 6.45) is 86.8. The molecule has 2 atom stereocenters. The summed E-state index contributed by atoms with van der Waals surface area (Å²) in [5.74, 6) is -2.24. The molecule has 0 aromatic carbocycles. The lowest BCUT2D eigenvalue weighted by Crippen LogP contribution is -2.44. The lowest BCUT2D eigenvalue weighted by molar-refractivity contribution is -0.870. The first-order chi connectivity index (χ1) is 44.1. The monoisotopic (exact) mass is 1270 g/mol. The van der Waals surface area contributed by atoms with Crippen LogP contribution in [0.25, 0.3) is 0 Å². The van der Waals surface area contributed by atoms with Crippen molar-refractivity contribution in [1.82, 2.24) is 0 Å². The van der Waals surface area contributed by atoms with E-state index in [1.165, 1.54) is 379 Å². The molecule has 0 fully saturated rings. The van der Waals surface area contributed by atoms with Gasteiger partial charge in [-0.2, -0.15) is 0 Å². The highest BCUT2D eigenvalue weighted by Gasteiger charge is 2.22. The van der Waals surface area contributed by atoms with Gasteiger partial charge < -0.3 is 33.3 Å². The zero-order chi connectivity index (χ0) is 65.4. The highest BCUT2D eigenvalue weighted by molar-refractivity contribution is 5.70. The molecule has 0 heterocycles. The van der Waals surface area contributed by atoms with Crippen LogP contribution < -0.4 is 5.11 Å². The van der Waals surface area contributed by atoms with E-state index in [9.17, 15) is 19.5 Å². The summed E-state index contributed by atoms with van der Waals surface area (Å²) in [6, 6.07) is 0. The van der Waals surface area contributed by atoms with E-state index in [1.54, 1.807) is 0 Å². The molecule has 9 nitrogen and oxygen atoms in total. The van der Waals surface area contributed by atoms with E-state index >= 15 is 0 Å². The summed E-state index contributed by atoms with van der Waals surface area (Å²) in [6.45, 7) is 4.86. The first-order valence-electron chi connectivity index (χ1n) is 40.7. The first-order valence-corrected chi connectivity index (χ1v) is 40.7. The molecule has 0 aromatic heterocycles. The fourth-order valence-corrected chi connectivity index (χ4v) is 12.9. The van der Waals surface area contributed by atoms with Crippen LogP contribution in [0, 0.1) is 0 Å². The molecule has 0 rings (SSSR count). The minimum atomic E-state index is -1.62. The van der Waals surface area contributed by atoms with Crippen LogP contribution >= 0.6 is 0 Å². The molecule has 0 saturated heterocycles. The Labute approximate surface area is 562 Å². The quantitative estimate of drug-likeness (QED) is 0.0256. The van der Waals surface area contributed by atoms with Gasteiger partial charge in [0.05, 0.1) is 40.3 Å². The number of nitrogens with zero attached hydrogens (tertiary/aromatic N) is 1. The molecule has 0 spiro atoms. The van der Waals surface area contributed by atoms with Gasteiger partial charge in [-0.15, -0.1) is 0 Å². The number of aliphatic carboxylic acids is 1. The van der Waals surface area contributed by atoms with Crippen LogP contribution in [0.4, 0.5) is 0 Å². The summed E-state index contributed by atoms with van der Waals surface area (Å²) in [5.41, 5.74) is 0. The first kappa shape index (κ1) is 88.3. The molecule has 0 aromatic rings. The third-order valence-electron chi connectivity index (χ3n) is 19.1. The normalized spacial score (nSPS) is 12.5. The third-order valence-corrected chi connectivity index (χ3v) is 19.1. The molecule has 0 N–H and O–H groups in total. The number of hydrogen-bond donors (Lipinski definition) is 0. The van der Waals surface area contributed by atoms with E-state index < -0.39 is 24.3 Å². The summed E-state index contributed by atoms with van der Waals surface area (Å²) in [7, 11) is 5.96. The van der Waals surface area contributed by atoms with E-state index in [0.29, 0.717) is 17.4 Å². The second kappa shape index (κ2) is 73.1. The van der Waals surface area contributed by atoms with Crippen molar-refractivity contribution in [2.75, 3.05) is 47.5 Å². The van der Waals surface area contributed by atoms with E-state index in [0.717, 1.165) is 38.5 Å². The SMILES string of the molecule is CCCCCCCCCCCCCCCCCCCCCCCCCCCCCCCCCCCCCCCCCC(=O)OC(COC(=O)CCCCCCCCCCCCCCCCCCCCCCCCCCCC)COC(OCC[N+](C)(C)C)C(=O)[O-]. The van der Waals surface area contributed by atoms with Crippen molar-refractivity contribution >= 4 is 17.9 Å². The Morgan fingerprint density at radius 1 is 0.289 bits per heavy atom. The molecule has 536 valence electrons. The number of ether oxygens (including phenoxy) is 4. The Morgan fingerprint density at radius 2 is 0.500 bits per heavy atom. The van der Waals surface area contributed by atoms with Crippen LogP contribution in [-0.2, 0) is 33.3 Å². The van der Waals surface area contributed by atoms with Crippen LogP contribution in [-0.4, -0.2) is 82.3 Å². The van der Waals surface area contributed by atoms with Gasteiger partial charge in [-0.05, 0) is 12.8 Å². The maximum atomic E-state index is 13.0. The molecule has 0 bridgehead atoms. The number of carboxylic acids is 1. The Bertz CT molecular complexity index is 1440. The Balaban J connectivity index is 3.91. The van der Waals surface area contributed by atoms with Gasteiger partial charge in [0, 0.05) is 12.8 Å². The number of hydrogen-bond acceptors (Lipinski definition) is 8. The number of carbonyl (C=O) groups excluding carboxylic acids is 3. The van der Waals surface area contributed by atoms with E-state index in [2.05, 4.69) is 13.8 Å². The lowest BCUT2D eigenvalue weighted by atomic mass is 10.0. The highest BCUT2D eigenvalue weighted by Crippen LogP contribution is 2.21. The number of carboxylic acid groups (broad SMARTS) is 1. The predicted molar refractivity (Wildman–Crippen MR) is 385 cm³/mol. The predicted octanol–water partition coefficient (Wildman–Crippen LogP) is 24.4. The van der Waals surface area contributed by atoms with Crippen molar-refractivity contribution in [3.63, 3.8) is 0 Å². The average Bonchev–Trinajstić information content (AvgIpc) is 3.65. The van der Waals surface area contributed by atoms with Crippen molar-refractivity contribution in [3.05, 3.63) is 0 Å². The van der Waals surface area contributed by atoms with Crippen LogP contribution in [0.2, 0.25) is 0 Å². The van der Waals surface area contributed by atoms with Crippen LogP contribution in [0.15, 0.2) is 0 Å². The fraction of sp³-hybridized carbons (Fsp3) is 0.963. The Hall–Kier alpha value is -1.71. The molecule has 0 amide bonds. The third kappa shape index (κ3) is 73.7. The smallest absolute Gasteiger partial charge is 0.306 e. The van der Waals surface area contributed by atoms with Gasteiger partial charge in [-0.25, -0.2) is 0 Å². The second-order valence-electron chi connectivity index (χ2n) is 29.4. The van der Waals surface area contributed by atoms with Crippen molar-refractivity contribution in [3.8, 4) is 0 Å². The summed E-state index contributed by atoms with van der Waals surface area (Å²) >= 11 is 0. The van der Waals surface area contributed by atoms with Crippen LogP contribution in [0.5, 0.6) is 0 Å². The summed E-state index contributed by atoms with van der Waals surface area (Å²) in [5, 5.41) is 11.9. The maximum absolute atomic E-state index is 13.0. The number of likely N-dealkylation sites (N-methyl/N-ethyl adjacent to an activating group) is 1. The van der Waals surface area contributed by atoms with Gasteiger partial charge >= 0.3 is 11.9 Å². The number of quaternary nitrogens is 1. The minimum Gasteiger partial charge on any atom is -0.545 e. The molecule has 0 aliphatic carbocycles. The van der Waals surface area contributed by atoms with Gasteiger partial charge in [0.2, 0.25) is 0 Å².